The number of hydrogen-bond acceptors (Lipinski definition) is 5. The number of para-hydroxylation sites is 2. The summed E-state index contributed by atoms with van der Waals surface area (Å²) in [5.41, 5.74) is 2.22. The molecule has 8 nitrogen and oxygen atoms in total. The molecule has 4 rings (SSSR count). The average Bonchev–Trinajstić information content (AvgIpc) is 3.27. The van der Waals surface area contributed by atoms with Gasteiger partial charge in [-0.25, -0.2) is 4.98 Å². The first-order chi connectivity index (χ1) is 11.7. The fourth-order valence-corrected chi connectivity index (χ4v) is 2.38. The fraction of sp³-hybridized carbons (Fsp3) is 0.125. The molecule has 0 unspecified atom stereocenters. The summed E-state index contributed by atoms with van der Waals surface area (Å²) in [7, 11) is 1.76. The molecule has 0 aliphatic rings. The van der Waals surface area contributed by atoms with Gasteiger partial charge in [0.25, 0.3) is 0 Å². The molecule has 3 aromatic heterocycles. The third kappa shape index (κ3) is 2.65. The number of hydrogen-bond donors (Lipinski definition) is 1. The van der Waals surface area contributed by atoms with E-state index in [1.54, 1.807) is 36.4 Å². The second kappa shape index (κ2) is 5.65. The molecule has 0 atom stereocenters. The van der Waals surface area contributed by atoms with E-state index in [1.807, 2.05) is 24.3 Å². The minimum Gasteiger partial charge on any atom is -0.436 e. The number of fused-ring (bicyclic) bond motifs is 1. The molecule has 0 radical (unpaired) electrons. The number of rotatable bonds is 4. The summed E-state index contributed by atoms with van der Waals surface area (Å²) in [6, 6.07) is 9.26. The van der Waals surface area contributed by atoms with Gasteiger partial charge in [-0.15, -0.1) is 0 Å². The number of benzene rings is 1. The Labute approximate surface area is 136 Å². The van der Waals surface area contributed by atoms with E-state index >= 15 is 0 Å². The highest BCUT2D eigenvalue weighted by molar-refractivity contribution is 5.89. The van der Waals surface area contributed by atoms with E-state index in [1.165, 1.54) is 4.68 Å². The molecule has 1 aromatic carbocycles. The molecule has 0 fully saturated rings. The first-order valence-corrected chi connectivity index (χ1v) is 7.35. The summed E-state index contributed by atoms with van der Waals surface area (Å²) in [5.74, 6) is 0.923. The van der Waals surface area contributed by atoms with Crippen molar-refractivity contribution in [1.82, 2.24) is 24.5 Å². The van der Waals surface area contributed by atoms with Crippen LogP contribution in [0.25, 0.3) is 22.6 Å². The molecule has 1 N–H and O–H groups in total. The van der Waals surface area contributed by atoms with Crippen molar-refractivity contribution < 1.29 is 9.21 Å². The normalized spacial score (nSPS) is 11.0. The van der Waals surface area contributed by atoms with Crippen LogP contribution >= 0.6 is 0 Å². The number of carbonyl (C=O) groups excluding carboxylic acids is 1. The number of nitrogens with zero attached hydrogens (tertiary/aromatic N) is 5. The van der Waals surface area contributed by atoms with Crippen molar-refractivity contribution in [2.24, 2.45) is 7.05 Å². The van der Waals surface area contributed by atoms with Crippen molar-refractivity contribution in [2.75, 3.05) is 5.32 Å². The van der Waals surface area contributed by atoms with Crippen LogP contribution in [0.4, 0.5) is 5.82 Å². The first kappa shape index (κ1) is 14.2. The maximum Gasteiger partial charge on any atom is 0.247 e. The van der Waals surface area contributed by atoms with E-state index in [-0.39, 0.29) is 12.5 Å². The van der Waals surface area contributed by atoms with Crippen LogP contribution in [-0.4, -0.2) is 30.5 Å². The van der Waals surface area contributed by atoms with Crippen molar-refractivity contribution in [3.8, 4) is 11.5 Å². The summed E-state index contributed by atoms with van der Waals surface area (Å²) in [6.07, 6.45) is 4.98. The van der Waals surface area contributed by atoms with E-state index in [2.05, 4.69) is 20.5 Å². The van der Waals surface area contributed by atoms with Crippen LogP contribution in [0, 0.1) is 0 Å². The lowest BCUT2D eigenvalue weighted by Gasteiger charge is -2.04. The van der Waals surface area contributed by atoms with Crippen LogP contribution in [0.3, 0.4) is 0 Å². The molecule has 0 aliphatic carbocycles. The standard InChI is InChI=1S/C16H14N6O2/c1-21-14(6-7-17-21)20-15(23)10-22-9-11(8-18-22)16-19-12-4-2-3-5-13(12)24-16/h2-9H,10H2,1H3,(H,20,23). The van der Waals surface area contributed by atoms with Crippen LogP contribution in [0.1, 0.15) is 0 Å². The molecular formula is C16H14N6O2. The van der Waals surface area contributed by atoms with Crippen LogP contribution in [0.5, 0.6) is 0 Å². The SMILES string of the molecule is Cn1nccc1NC(=O)Cn1cc(-c2nc3ccccc3o2)cn1. The molecule has 0 saturated carbocycles. The van der Waals surface area contributed by atoms with Gasteiger partial charge in [-0.2, -0.15) is 10.2 Å². The number of nitrogens with one attached hydrogen (secondary N) is 1. The zero-order valence-electron chi connectivity index (χ0n) is 12.9. The Kier molecular flexibility index (Phi) is 3.34. The van der Waals surface area contributed by atoms with Crippen LogP contribution in [-0.2, 0) is 18.4 Å². The van der Waals surface area contributed by atoms with Gasteiger partial charge in [0.2, 0.25) is 11.8 Å². The Balaban J connectivity index is 1.50. The first-order valence-electron chi connectivity index (χ1n) is 7.35. The van der Waals surface area contributed by atoms with Gasteiger partial charge >= 0.3 is 0 Å². The maximum atomic E-state index is 12.1. The number of carbonyl (C=O) groups is 1. The van der Waals surface area contributed by atoms with Gasteiger partial charge in [-0.1, -0.05) is 12.1 Å². The molecule has 0 spiro atoms. The van der Waals surface area contributed by atoms with Crippen LogP contribution in [0.15, 0.2) is 53.3 Å². The highest BCUT2D eigenvalue weighted by Gasteiger charge is 2.12. The Hall–Kier alpha value is -3.42. The van der Waals surface area contributed by atoms with Gasteiger partial charge in [-0.3, -0.25) is 14.2 Å². The lowest BCUT2D eigenvalue weighted by atomic mass is 10.3. The topological polar surface area (TPSA) is 90.8 Å². The fourth-order valence-electron chi connectivity index (χ4n) is 2.38. The van der Waals surface area contributed by atoms with E-state index in [4.69, 9.17) is 4.42 Å². The second-order valence-electron chi connectivity index (χ2n) is 5.30. The zero-order chi connectivity index (χ0) is 16.5. The average molecular weight is 322 g/mol. The zero-order valence-corrected chi connectivity index (χ0v) is 12.9. The van der Waals surface area contributed by atoms with Crippen LogP contribution < -0.4 is 5.32 Å². The molecule has 0 aliphatic heterocycles. The van der Waals surface area contributed by atoms with Gasteiger partial charge in [0.05, 0.1) is 18.0 Å². The molecule has 1 amide bonds. The second-order valence-corrected chi connectivity index (χ2v) is 5.30. The van der Waals surface area contributed by atoms with Crippen molar-refractivity contribution >= 4 is 22.8 Å². The molecule has 120 valence electrons. The highest BCUT2D eigenvalue weighted by Crippen LogP contribution is 2.23. The van der Waals surface area contributed by atoms with E-state index in [0.717, 1.165) is 11.1 Å². The Morgan fingerprint density at radius 2 is 2.12 bits per heavy atom. The number of anilines is 1. The van der Waals surface area contributed by atoms with E-state index in [9.17, 15) is 4.79 Å². The van der Waals surface area contributed by atoms with Gasteiger partial charge < -0.3 is 9.73 Å². The molecule has 8 heteroatoms. The largest absolute Gasteiger partial charge is 0.436 e. The third-order valence-corrected chi connectivity index (χ3v) is 3.57. The van der Waals surface area contributed by atoms with Crippen molar-refractivity contribution in [3.05, 3.63) is 48.9 Å². The third-order valence-electron chi connectivity index (χ3n) is 3.57. The highest BCUT2D eigenvalue weighted by atomic mass is 16.3. The lowest BCUT2D eigenvalue weighted by Crippen LogP contribution is -2.20. The van der Waals surface area contributed by atoms with E-state index in [0.29, 0.717) is 17.3 Å². The summed E-state index contributed by atoms with van der Waals surface area (Å²) in [4.78, 5) is 16.5. The van der Waals surface area contributed by atoms with Gasteiger partial charge in [0, 0.05) is 19.3 Å². The van der Waals surface area contributed by atoms with E-state index < -0.39 is 0 Å². The molecule has 0 bridgehead atoms. The summed E-state index contributed by atoms with van der Waals surface area (Å²) >= 11 is 0. The number of amides is 1. The summed E-state index contributed by atoms with van der Waals surface area (Å²) in [6.45, 7) is 0.0887. The minimum absolute atomic E-state index is 0.0887. The minimum atomic E-state index is -0.189. The van der Waals surface area contributed by atoms with Gasteiger partial charge in [0.15, 0.2) is 5.58 Å². The summed E-state index contributed by atoms with van der Waals surface area (Å²) in [5, 5.41) is 11.0. The van der Waals surface area contributed by atoms with Crippen LogP contribution in [0.2, 0.25) is 0 Å². The quantitative estimate of drug-likeness (QED) is 0.621. The predicted octanol–water partition coefficient (Wildman–Crippen LogP) is 2.06. The van der Waals surface area contributed by atoms with Crippen molar-refractivity contribution in [1.29, 1.82) is 0 Å². The number of aromatic nitrogens is 5. The Morgan fingerprint density at radius 3 is 2.92 bits per heavy atom. The Morgan fingerprint density at radius 1 is 1.25 bits per heavy atom. The van der Waals surface area contributed by atoms with Crippen molar-refractivity contribution in [3.63, 3.8) is 0 Å². The monoisotopic (exact) mass is 322 g/mol. The predicted molar refractivity (Wildman–Crippen MR) is 87.1 cm³/mol. The maximum absolute atomic E-state index is 12.1. The summed E-state index contributed by atoms with van der Waals surface area (Å²) < 4.78 is 8.82. The Bertz CT molecular complexity index is 979. The molecule has 4 aromatic rings. The number of aryl methyl sites for hydroxylation is 1. The van der Waals surface area contributed by atoms with Crippen molar-refractivity contribution in [2.45, 2.75) is 6.54 Å². The smallest absolute Gasteiger partial charge is 0.247 e. The lowest BCUT2D eigenvalue weighted by molar-refractivity contribution is -0.116. The molecule has 0 saturated heterocycles. The van der Waals surface area contributed by atoms with Gasteiger partial charge in [0.1, 0.15) is 17.9 Å². The molecule has 3 heterocycles. The van der Waals surface area contributed by atoms with Gasteiger partial charge in [-0.05, 0) is 12.1 Å². The molecule has 24 heavy (non-hydrogen) atoms. The molecular weight excluding hydrogens is 308 g/mol. The number of oxazole rings is 1.